The van der Waals surface area contributed by atoms with Crippen molar-refractivity contribution in [2.75, 3.05) is 25.1 Å². The number of hydrogen-bond donors (Lipinski definition) is 1. The van der Waals surface area contributed by atoms with Gasteiger partial charge in [-0.1, -0.05) is 19.3 Å². The molecule has 6 nitrogen and oxygen atoms in total. The van der Waals surface area contributed by atoms with Crippen LogP contribution < -0.4 is 15.0 Å². The lowest BCUT2D eigenvalue weighted by Gasteiger charge is -2.33. The van der Waals surface area contributed by atoms with E-state index in [0.717, 1.165) is 61.6 Å². The highest BCUT2D eigenvalue weighted by Crippen LogP contribution is 2.27. The van der Waals surface area contributed by atoms with Crippen LogP contribution in [0.4, 0.5) is 5.82 Å². The van der Waals surface area contributed by atoms with Crippen molar-refractivity contribution >= 4 is 11.7 Å². The molecule has 0 spiro atoms. The van der Waals surface area contributed by atoms with Crippen LogP contribution in [0.25, 0.3) is 11.3 Å². The summed E-state index contributed by atoms with van der Waals surface area (Å²) >= 11 is 0. The Labute approximate surface area is 172 Å². The van der Waals surface area contributed by atoms with Crippen molar-refractivity contribution in [3.8, 4) is 17.0 Å². The molecule has 1 aromatic heterocycles. The molecule has 4 rings (SSSR count). The first-order chi connectivity index (χ1) is 14.2. The predicted molar refractivity (Wildman–Crippen MR) is 114 cm³/mol. The summed E-state index contributed by atoms with van der Waals surface area (Å²) in [5.41, 5.74) is 1.94. The second-order valence-electron chi connectivity index (χ2n) is 8.09. The number of anilines is 1. The van der Waals surface area contributed by atoms with Crippen LogP contribution in [0.15, 0.2) is 36.7 Å². The quantitative estimate of drug-likeness (QED) is 0.835. The van der Waals surface area contributed by atoms with Crippen molar-refractivity contribution in [1.29, 1.82) is 0 Å². The number of aromatic nitrogens is 2. The Morgan fingerprint density at radius 1 is 1.03 bits per heavy atom. The number of piperidine rings is 1. The van der Waals surface area contributed by atoms with E-state index in [2.05, 4.69) is 20.2 Å². The highest BCUT2D eigenvalue weighted by Gasteiger charge is 2.27. The van der Waals surface area contributed by atoms with Crippen molar-refractivity contribution in [2.45, 2.75) is 51.0 Å². The van der Waals surface area contributed by atoms with E-state index in [4.69, 9.17) is 4.74 Å². The van der Waals surface area contributed by atoms with Crippen molar-refractivity contribution < 1.29 is 9.53 Å². The Morgan fingerprint density at radius 2 is 1.76 bits per heavy atom. The summed E-state index contributed by atoms with van der Waals surface area (Å²) in [4.78, 5) is 23.8. The number of hydrogen-bond acceptors (Lipinski definition) is 5. The summed E-state index contributed by atoms with van der Waals surface area (Å²) in [6.07, 6.45) is 9.44. The Hall–Kier alpha value is -2.63. The van der Waals surface area contributed by atoms with Gasteiger partial charge < -0.3 is 15.0 Å². The lowest BCUT2D eigenvalue weighted by Crippen LogP contribution is -2.44. The Morgan fingerprint density at radius 3 is 2.45 bits per heavy atom. The van der Waals surface area contributed by atoms with Crippen LogP contribution in [-0.4, -0.2) is 42.1 Å². The minimum atomic E-state index is 0.121. The van der Waals surface area contributed by atoms with Crippen LogP contribution in [0.2, 0.25) is 0 Å². The number of benzene rings is 1. The number of ether oxygens (including phenoxy) is 1. The zero-order valence-electron chi connectivity index (χ0n) is 17.1. The van der Waals surface area contributed by atoms with E-state index in [1.165, 1.54) is 19.3 Å². The van der Waals surface area contributed by atoms with E-state index in [1.807, 2.05) is 30.3 Å². The SMILES string of the molecule is COc1ccc(-c2cc(N3CCC(C(=O)NC4CCCCC4)CC3)ncn2)cc1. The maximum atomic E-state index is 12.6. The van der Waals surface area contributed by atoms with Gasteiger partial charge in [0.05, 0.1) is 12.8 Å². The molecule has 0 bridgehead atoms. The average molecular weight is 395 g/mol. The number of nitrogens with one attached hydrogen (secondary N) is 1. The van der Waals surface area contributed by atoms with Crippen LogP contribution >= 0.6 is 0 Å². The lowest BCUT2D eigenvalue weighted by molar-refractivity contribution is -0.126. The standard InChI is InChI=1S/C23H30N4O2/c1-29-20-9-7-17(8-10-20)21-15-22(25-16-24-21)27-13-11-18(12-14-27)23(28)26-19-5-3-2-4-6-19/h7-10,15-16,18-19H,2-6,11-14H2,1H3,(H,26,28). The molecule has 1 amide bonds. The van der Waals surface area contributed by atoms with E-state index < -0.39 is 0 Å². The predicted octanol–water partition coefficient (Wildman–Crippen LogP) is 3.82. The van der Waals surface area contributed by atoms with Gasteiger partial charge in [0.1, 0.15) is 17.9 Å². The van der Waals surface area contributed by atoms with Crippen LogP contribution in [0.3, 0.4) is 0 Å². The van der Waals surface area contributed by atoms with E-state index in [1.54, 1.807) is 13.4 Å². The summed E-state index contributed by atoms with van der Waals surface area (Å²) < 4.78 is 5.23. The Kier molecular flexibility index (Phi) is 6.27. The van der Waals surface area contributed by atoms with Crippen LogP contribution in [0.5, 0.6) is 5.75 Å². The molecule has 1 aliphatic carbocycles. The van der Waals surface area contributed by atoms with Crippen LogP contribution in [0.1, 0.15) is 44.9 Å². The third kappa shape index (κ3) is 4.86. The second-order valence-corrected chi connectivity index (χ2v) is 8.09. The maximum absolute atomic E-state index is 12.6. The van der Waals surface area contributed by atoms with Crippen molar-refractivity contribution in [3.05, 3.63) is 36.7 Å². The maximum Gasteiger partial charge on any atom is 0.223 e. The van der Waals surface area contributed by atoms with Crippen molar-refractivity contribution in [2.24, 2.45) is 5.92 Å². The van der Waals surface area contributed by atoms with E-state index in [0.29, 0.717) is 6.04 Å². The molecule has 2 heterocycles. The molecular weight excluding hydrogens is 364 g/mol. The molecule has 6 heteroatoms. The summed E-state index contributed by atoms with van der Waals surface area (Å²) in [5, 5.41) is 3.29. The molecule has 1 saturated heterocycles. The van der Waals surface area contributed by atoms with Gasteiger partial charge in [0, 0.05) is 36.7 Å². The molecule has 1 N–H and O–H groups in total. The van der Waals surface area contributed by atoms with Gasteiger partial charge in [-0.3, -0.25) is 4.79 Å². The fourth-order valence-corrected chi connectivity index (χ4v) is 4.38. The van der Waals surface area contributed by atoms with Gasteiger partial charge in [0.25, 0.3) is 0 Å². The minimum absolute atomic E-state index is 0.121. The molecule has 2 aliphatic rings. The zero-order chi connectivity index (χ0) is 20.1. The molecule has 0 unspecified atom stereocenters. The number of amides is 1. The van der Waals surface area contributed by atoms with E-state index >= 15 is 0 Å². The Balaban J connectivity index is 1.35. The zero-order valence-corrected chi connectivity index (χ0v) is 17.1. The van der Waals surface area contributed by atoms with Crippen LogP contribution in [-0.2, 0) is 4.79 Å². The first-order valence-electron chi connectivity index (χ1n) is 10.7. The number of methoxy groups -OCH3 is 1. The van der Waals surface area contributed by atoms with Gasteiger partial charge in [-0.05, 0) is 49.9 Å². The van der Waals surface area contributed by atoms with Gasteiger partial charge in [-0.2, -0.15) is 0 Å². The van der Waals surface area contributed by atoms with Gasteiger partial charge in [0.15, 0.2) is 0 Å². The lowest BCUT2D eigenvalue weighted by atomic mass is 9.92. The van der Waals surface area contributed by atoms with Crippen molar-refractivity contribution in [3.63, 3.8) is 0 Å². The van der Waals surface area contributed by atoms with Crippen LogP contribution in [0, 0.1) is 5.92 Å². The third-order valence-corrected chi connectivity index (χ3v) is 6.18. The minimum Gasteiger partial charge on any atom is -0.497 e. The number of carbonyl (C=O) groups excluding carboxylic acids is 1. The first kappa shape index (κ1) is 19.7. The topological polar surface area (TPSA) is 67.3 Å². The summed E-state index contributed by atoms with van der Waals surface area (Å²) in [6.45, 7) is 1.70. The first-order valence-corrected chi connectivity index (χ1v) is 10.7. The summed E-state index contributed by atoms with van der Waals surface area (Å²) in [6, 6.07) is 10.3. The molecule has 2 fully saturated rings. The van der Waals surface area contributed by atoms with Gasteiger partial charge in [-0.25, -0.2) is 9.97 Å². The molecular formula is C23H30N4O2. The largest absolute Gasteiger partial charge is 0.497 e. The summed E-state index contributed by atoms with van der Waals surface area (Å²) in [5.74, 6) is 2.13. The normalized spacial score (nSPS) is 18.4. The highest BCUT2D eigenvalue weighted by atomic mass is 16.5. The molecule has 1 saturated carbocycles. The second kappa shape index (κ2) is 9.25. The van der Waals surface area contributed by atoms with E-state index in [9.17, 15) is 4.79 Å². The van der Waals surface area contributed by atoms with Gasteiger partial charge >= 0.3 is 0 Å². The average Bonchev–Trinajstić information content (AvgIpc) is 2.80. The molecule has 154 valence electrons. The monoisotopic (exact) mass is 394 g/mol. The number of carbonyl (C=O) groups is 1. The molecule has 1 aromatic carbocycles. The Bertz CT molecular complexity index is 810. The molecule has 29 heavy (non-hydrogen) atoms. The molecule has 0 radical (unpaired) electrons. The third-order valence-electron chi connectivity index (χ3n) is 6.18. The molecule has 2 aromatic rings. The molecule has 1 aliphatic heterocycles. The number of rotatable bonds is 5. The number of nitrogens with zero attached hydrogens (tertiary/aromatic N) is 3. The smallest absolute Gasteiger partial charge is 0.223 e. The van der Waals surface area contributed by atoms with E-state index in [-0.39, 0.29) is 11.8 Å². The van der Waals surface area contributed by atoms with Crippen molar-refractivity contribution in [1.82, 2.24) is 15.3 Å². The fraction of sp³-hybridized carbons (Fsp3) is 0.522. The van der Waals surface area contributed by atoms with Gasteiger partial charge in [-0.15, -0.1) is 0 Å². The molecule has 0 atom stereocenters. The summed E-state index contributed by atoms with van der Waals surface area (Å²) in [7, 11) is 1.66. The fourth-order valence-electron chi connectivity index (χ4n) is 4.38. The highest BCUT2D eigenvalue weighted by molar-refractivity contribution is 5.79. The van der Waals surface area contributed by atoms with Gasteiger partial charge in [0.2, 0.25) is 5.91 Å².